The van der Waals surface area contributed by atoms with Crippen LogP contribution >= 0.6 is 0 Å². The predicted octanol–water partition coefficient (Wildman–Crippen LogP) is 2.14. The Morgan fingerprint density at radius 2 is 1.75 bits per heavy atom. The molecule has 0 bridgehead atoms. The summed E-state index contributed by atoms with van der Waals surface area (Å²) in [4.78, 5) is 2.42. The van der Waals surface area contributed by atoms with Crippen molar-refractivity contribution in [2.75, 3.05) is 26.2 Å². The van der Waals surface area contributed by atoms with Crippen molar-refractivity contribution in [2.24, 2.45) is 0 Å². The Morgan fingerprint density at radius 3 is 2.47 bits per heavy atom. The normalized spacial score (nSPS) is 19.6. The van der Waals surface area contributed by atoms with Crippen LogP contribution in [0, 0.1) is 0 Å². The largest absolute Gasteiger partial charge is 0.491 e. The van der Waals surface area contributed by atoms with Crippen molar-refractivity contribution >= 4 is 0 Å². The molecule has 0 saturated heterocycles. The highest BCUT2D eigenvalue weighted by atomic mass is 16.5. The highest BCUT2D eigenvalue weighted by Gasteiger charge is 2.27. The van der Waals surface area contributed by atoms with E-state index in [0.29, 0.717) is 25.1 Å². The zero-order chi connectivity index (χ0) is 23.1. The molecule has 0 spiro atoms. The van der Waals surface area contributed by atoms with E-state index in [9.17, 15) is 15.3 Å². The fourth-order valence-electron chi connectivity index (χ4n) is 4.06. The first-order chi connectivity index (χ1) is 15.2. The van der Waals surface area contributed by atoms with E-state index in [4.69, 9.17) is 4.74 Å². The molecule has 0 saturated carbocycles. The van der Waals surface area contributed by atoms with Crippen LogP contribution in [0.5, 0.6) is 5.75 Å². The number of aliphatic hydroxyl groups excluding tert-OH is 3. The van der Waals surface area contributed by atoms with Crippen LogP contribution in [0.4, 0.5) is 0 Å². The van der Waals surface area contributed by atoms with E-state index >= 15 is 0 Å². The van der Waals surface area contributed by atoms with Crippen LogP contribution < -0.4 is 10.1 Å². The summed E-state index contributed by atoms with van der Waals surface area (Å²) >= 11 is 0. The molecule has 3 atom stereocenters. The molecule has 0 heterocycles. The van der Waals surface area contributed by atoms with Crippen molar-refractivity contribution in [3.05, 3.63) is 65.2 Å². The number of benzene rings is 2. The molecule has 0 radical (unpaired) electrons. The van der Waals surface area contributed by atoms with Gasteiger partial charge in [-0.05, 0) is 38.0 Å². The SMILES string of the molecule is CC(C)(C)N(CCNCC(O)COc1cccc2c1C[C@H](O)[C@H](O)C2)Cc1ccccc1. The average molecular weight is 443 g/mol. The first-order valence-electron chi connectivity index (χ1n) is 11.5. The highest BCUT2D eigenvalue weighted by Crippen LogP contribution is 2.30. The molecule has 2 aromatic carbocycles. The third kappa shape index (κ3) is 7.02. The van der Waals surface area contributed by atoms with Gasteiger partial charge in [0, 0.05) is 50.1 Å². The number of fused-ring (bicyclic) bond motifs is 1. The van der Waals surface area contributed by atoms with E-state index in [1.807, 2.05) is 24.3 Å². The Morgan fingerprint density at radius 1 is 1.03 bits per heavy atom. The van der Waals surface area contributed by atoms with Gasteiger partial charge in [0.2, 0.25) is 0 Å². The lowest BCUT2D eigenvalue weighted by Crippen LogP contribution is -2.45. The van der Waals surface area contributed by atoms with E-state index in [1.54, 1.807) is 0 Å². The van der Waals surface area contributed by atoms with Gasteiger partial charge >= 0.3 is 0 Å². The zero-order valence-electron chi connectivity index (χ0n) is 19.5. The minimum Gasteiger partial charge on any atom is -0.491 e. The molecular formula is C26H38N2O4. The number of aliphatic hydroxyl groups is 3. The van der Waals surface area contributed by atoms with Crippen molar-refractivity contribution in [1.29, 1.82) is 0 Å². The molecule has 1 unspecified atom stereocenters. The van der Waals surface area contributed by atoms with Gasteiger partial charge in [0.1, 0.15) is 18.5 Å². The fraction of sp³-hybridized carbons (Fsp3) is 0.538. The Labute approximate surface area is 191 Å². The van der Waals surface area contributed by atoms with E-state index in [1.165, 1.54) is 5.56 Å². The maximum Gasteiger partial charge on any atom is 0.123 e. The molecule has 1 aliphatic carbocycles. The molecule has 6 nitrogen and oxygen atoms in total. The van der Waals surface area contributed by atoms with Crippen LogP contribution in [0.1, 0.15) is 37.5 Å². The quantitative estimate of drug-likeness (QED) is 0.422. The standard InChI is InChI=1S/C26H38N2O4/c1-26(2,3)28(17-19-8-5-4-6-9-19)13-12-27-16-21(29)18-32-25-11-7-10-20-14-23(30)24(31)15-22(20)25/h4-11,21,23-24,27,29-31H,12-18H2,1-3H3/t21?,23-,24+/m1/s1. The van der Waals surface area contributed by atoms with Crippen LogP contribution in [0.3, 0.4) is 0 Å². The summed E-state index contributed by atoms with van der Waals surface area (Å²) in [7, 11) is 0. The second kappa shape index (κ2) is 11.3. The third-order valence-corrected chi connectivity index (χ3v) is 6.05. The van der Waals surface area contributed by atoms with Gasteiger partial charge in [-0.15, -0.1) is 0 Å². The number of nitrogens with zero attached hydrogens (tertiary/aromatic N) is 1. The molecule has 0 fully saturated rings. The van der Waals surface area contributed by atoms with Gasteiger partial charge in [-0.1, -0.05) is 42.5 Å². The van der Waals surface area contributed by atoms with Gasteiger partial charge in [-0.2, -0.15) is 0 Å². The molecule has 1 aliphatic rings. The maximum atomic E-state index is 10.4. The second-order valence-electron chi connectivity index (χ2n) is 9.68. The number of rotatable bonds is 10. The molecular weight excluding hydrogens is 404 g/mol. The summed E-state index contributed by atoms with van der Waals surface area (Å²) in [5, 5.41) is 33.6. The topological polar surface area (TPSA) is 85.2 Å². The lowest BCUT2D eigenvalue weighted by atomic mass is 9.87. The summed E-state index contributed by atoms with van der Waals surface area (Å²) in [6.07, 6.45) is -1.36. The maximum absolute atomic E-state index is 10.4. The van der Waals surface area contributed by atoms with Crippen LogP contribution in [-0.2, 0) is 19.4 Å². The Kier molecular flexibility index (Phi) is 8.68. The van der Waals surface area contributed by atoms with E-state index in [2.05, 4.69) is 55.3 Å². The van der Waals surface area contributed by atoms with Crippen molar-refractivity contribution in [3.63, 3.8) is 0 Å². The van der Waals surface area contributed by atoms with Gasteiger partial charge in [0.25, 0.3) is 0 Å². The predicted molar refractivity (Wildman–Crippen MR) is 127 cm³/mol. The van der Waals surface area contributed by atoms with E-state index in [0.717, 1.165) is 30.8 Å². The lowest BCUT2D eigenvalue weighted by molar-refractivity contribution is 0.0132. The average Bonchev–Trinajstić information content (AvgIpc) is 2.75. The van der Waals surface area contributed by atoms with Crippen LogP contribution in [0.2, 0.25) is 0 Å². The molecule has 0 aliphatic heterocycles. The van der Waals surface area contributed by atoms with Crippen LogP contribution in [0.15, 0.2) is 48.5 Å². The van der Waals surface area contributed by atoms with Gasteiger partial charge in [0.15, 0.2) is 0 Å². The molecule has 2 aromatic rings. The summed E-state index contributed by atoms with van der Waals surface area (Å²) in [5.41, 5.74) is 3.25. The van der Waals surface area contributed by atoms with Gasteiger partial charge < -0.3 is 25.4 Å². The first-order valence-corrected chi connectivity index (χ1v) is 11.5. The molecule has 6 heteroatoms. The first kappa shape index (κ1) is 24.7. The minimum atomic E-state index is -0.777. The van der Waals surface area contributed by atoms with Gasteiger partial charge in [-0.3, -0.25) is 4.90 Å². The van der Waals surface area contributed by atoms with E-state index < -0.39 is 18.3 Å². The molecule has 0 amide bonds. The van der Waals surface area contributed by atoms with Crippen LogP contribution in [0.25, 0.3) is 0 Å². The molecule has 176 valence electrons. The Bertz CT molecular complexity index is 837. The molecule has 0 aromatic heterocycles. The third-order valence-electron chi connectivity index (χ3n) is 6.05. The Balaban J connectivity index is 1.43. The molecule has 32 heavy (non-hydrogen) atoms. The van der Waals surface area contributed by atoms with Crippen molar-refractivity contribution in [2.45, 2.75) is 64.0 Å². The van der Waals surface area contributed by atoms with E-state index in [-0.39, 0.29) is 12.1 Å². The smallest absolute Gasteiger partial charge is 0.123 e. The summed E-state index contributed by atoms with van der Waals surface area (Å²) in [6, 6.07) is 16.2. The summed E-state index contributed by atoms with van der Waals surface area (Å²) in [6.45, 7) is 9.80. The van der Waals surface area contributed by atoms with Crippen molar-refractivity contribution in [3.8, 4) is 5.75 Å². The van der Waals surface area contributed by atoms with Crippen molar-refractivity contribution < 1.29 is 20.1 Å². The minimum absolute atomic E-state index is 0.0454. The zero-order valence-corrected chi connectivity index (χ0v) is 19.5. The van der Waals surface area contributed by atoms with Crippen LogP contribution in [-0.4, -0.2) is 70.3 Å². The summed E-state index contributed by atoms with van der Waals surface area (Å²) in [5.74, 6) is 0.675. The Hall–Kier alpha value is -1.96. The number of hydrogen-bond donors (Lipinski definition) is 4. The van der Waals surface area contributed by atoms with Gasteiger partial charge in [-0.25, -0.2) is 0 Å². The van der Waals surface area contributed by atoms with Crippen molar-refractivity contribution in [1.82, 2.24) is 10.2 Å². The monoisotopic (exact) mass is 442 g/mol. The van der Waals surface area contributed by atoms with Gasteiger partial charge in [0.05, 0.1) is 12.2 Å². The fourth-order valence-corrected chi connectivity index (χ4v) is 4.06. The second-order valence-corrected chi connectivity index (χ2v) is 9.68. The number of ether oxygens (including phenoxy) is 1. The number of hydrogen-bond acceptors (Lipinski definition) is 6. The number of nitrogens with one attached hydrogen (secondary N) is 1. The molecule has 3 rings (SSSR count). The molecule has 4 N–H and O–H groups in total. The highest BCUT2D eigenvalue weighted by molar-refractivity contribution is 5.43. The summed E-state index contributed by atoms with van der Waals surface area (Å²) < 4.78 is 5.87. The lowest BCUT2D eigenvalue weighted by Gasteiger charge is -2.36.